The van der Waals surface area contributed by atoms with Gasteiger partial charge in [0.05, 0.1) is 10.0 Å². The highest BCUT2D eigenvalue weighted by Crippen LogP contribution is 2.48. The molecule has 1 aliphatic carbocycles. The summed E-state index contributed by atoms with van der Waals surface area (Å²) in [5.74, 6) is 0.589. The highest BCUT2D eigenvalue weighted by Gasteiger charge is 2.43. The maximum absolute atomic E-state index is 12.2. The molecule has 1 aliphatic heterocycles. The summed E-state index contributed by atoms with van der Waals surface area (Å²) < 4.78 is 0. The van der Waals surface area contributed by atoms with Gasteiger partial charge in [-0.3, -0.25) is 4.79 Å². The van der Waals surface area contributed by atoms with Gasteiger partial charge in [-0.2, -0.15) is 0 Å². The Kier molecular flexibility index (Phi) is 7.03. The number of carbonyl (C=O) groups excluding carboxylic acids is 1. The molecule has 25 heavy (non-hydrogen) atoms. The van der Waals surface area contributed by atoms with Crippen LogP contribution in [0.4, 0.5) is 0 Å². The zero-order valence-electron chi connectivity index (χ0n) is 14.8. The number of hydrogen-bond donors (Lipinski definition) is 1. The Labute approximate surface area is 161 Å². The summed E-state index contributed by atoms with van der Waals surface area (Å²) >= 11 is 12.0. The van der Waals surface area contributed by atoms with Gasteiger partial charge in [0.2, 0.25) is 5.91 Å². The second-order valence-electron chi connectivity index (χ2n) is 7.38. The quantitative estimate of drug-likeness (QED) is 0.650. The molecular formula is C20H28Cl2N2O. The molecule has 3 rings (SSSR count). The third-order valence-corrected chi connectivity index (χ3v) is 6.14. The van der Waals surface area contributed by atoms with Gasteiger partial charge in [0, 0.05) is 12.5 Å². The molecule has 1 heterocycles. The maximum Gasteiger partial charge on any atom is 0.223 e. The molecule has 0 bridgehead atoms. The lowest BCUT2D eigenvalue weighted by Crippen LogP contribution is -2.30. The average molecular weight is 383 g/mol. The number of carbonyl (C=O) groups is 1. The zero-order valence-corrected chi connectivity index (χ0v) is 16.3. The Balaban J connectivity index is 1.28. The van der Waals surface area contributed by atoms with Crippen LogP contribution in [0.25, 0.3) is 0 Å². The SMILES string of the molecule is O=C(NCCCCCN1CCCCC1)C1CC1c1ccc(Cl)c(Cl)c1. The number of halogens is 2. The molecule has 1 aromatic carbocycles. The molecule has 2 atom stereocenters. The summed E-state index contributed by atoms with van der Waals surface area (Å²) in [7, 11) is 0. The number of amides is 1. The first kappa shape index (κ1) is 19.0. The van der Waals surface area contributed by atoms with Crippen LogP contribution in [0.3, 0.4) is 0 Å². The Hall–Kier alpha value is -0.770. The van der Waals surface area contributed by atoms with Crippen LogP contribution < -0.4 is 5.32 Å². The molecule has 3 nitrogen and oxygen atoms in total. The molecular weight excluding hydrogens is 355 g/mol. The van der Waals surface area contributed by atoms with Crippen LogP contribution in [-0.4, -0.2) is 37.0 Å². The molecule has 5 heteroatoms. The van der Waals surface area contributed by atoms with E-state index < -0.39 is 0 Å². The lowest BCUT2D eigenvalue weighted by molar-refractivity contribution is -0.122. The molecule has 1 amide bonds. The van der Waals surface area contributed by atoms with E-state index in [-0.39, 0.29) is 11.8 Å². The van der Waals surface area contributed by atoms with Crippen molar-refractivity contribution in [1.82, 2.24) is 10.2 Å². The second kappa shape index (κ2) is 9.25. The van der Waals surface area contributed by atoms with E-state index >= 15 is 0 Å². The fraction of sp³-hybridized carbons (Fsp3) is 0.650. The van der Waals surface area contributed by atoms with Crippen LogP contribution in [0.1, 0.15) is 56.4 Å². The fourth-order valence-electron chi connectivity index (χ4n) is 3.76. The van der Waals surface area contributed by atoms with Crippen LogP contribution in [0.5, 0.6) is 0 Å². The van der Waals surface area contributed by atoms with Gasteiger partial charge in [-0.25, -0.2) is 0 Å². The van der Waals surface area contributed by atoms with E-state index in [9.17, 15) is 4.79 Å². The molecule has 1 saturated carbocycles. The smallest absolute Gasteiger partial charge is 0.223 e. The van der Waals surface area contributed by atoms with E-state index in [1.165, 1.54) is 51.7 Å². The predicted octanol–water partition coefficient (Wildman–Crippen LogP) is 4.87. The van der Waals surface area contributed by atoms with Gasteiger partial charge >= 0.3 is 0 Å². The molecule has 2 unspecified atom stereocenters. The van der Waals surface area contributed by atoms with Gasteiger partial charge in [0.25, 0.3) is 0 Å². The largest absolute Gasteiger partial charge is 0.356 e. The topological polar surface area (TPSA) is 32.3 Å². The van der Waals surface area contributed by atoms with Crippen molar-refractivity contribution in [3.63, 3.8) is 0 Å². The van der Waals surface area contributed by atoms with E-state index in [0.29, 0.717) is 16.0 Å². The molecule has 0 aromatic heterocycles. The zero-order chi connectivity index (χ0) is 17.6. The normalized spacial score (nSPS) is 23.4. The number of likely N-dealkylation sites (tertiary alicyclic amines) is 1. The van der Waals surface area contributed by atoms with E-state index in [4.69, 9.17) is 23.2 Å². The highest BCUT2D eigenvalue weighted by molar-refractivity contribution is 6.42. The first-order chi connectivity index (χ1) is 12.1. The summed E-state index contributed by atoms with van der Waals surface area (Å²) in [5.41, 5.74) is 1.12. The molecule has 1 N–H and O–H groups in total. The van der Waals surface area contributed by atoms with Crippen molar-refractivity contribution in [2.75, 3.05) is 26.2 Å². The summed E-state index contributed by atoms with van der Waals surface area (Å²) in [5, 5.41) is 4.23. The third-order valence-electron chi connectivity index (χ3n) is 5.40. The van der Waals surface area contributed by atoms with Gasteiger partial charge in [-0.1, -0.05) is 42.1 Å². The molecule has 1 saturated heterocycles. The Bertz CT molecular complexity index is 587. The molecule has 138 valence electrons. The van der Waals surface area contributed by atoms with Crippen LogP contribution in [0.15, 0.2) is 18.2 Å². The van der Waals surface area contributed by atoms with Gasteiger partial charge in [0.15, 0.2) is 0 Å². The van der Waals surface area contributed by atoms with Crippen molar-refractivity contribution in [2.45, 2.75) is 50.9 Å². The summed E-state index contributed by atoms with van der Waals surface area (Å²) in [6.07, 6.45) is 8.53. The second-order valence-corrected chi connectivity index (χ2v) is 8.19. The summed E-state index contributed by atoms with van der Waals surface area (Å²) in [4.78, 5) is 14.8. The Morgan fingerprint density at radius 3 is 2.64 bits per heavy atom. The molecule has 0 spiro atoms. The number of benzene rings is 1. The van der Waals surface area contributed by atoms with Gasteiger partial charge in [0.1, 0.15) is 0 Å². The monoisotopic (exact) mass is 382 g/mol. The van der Waals surface area contributed by atoms with Crippen molar-refractivity contribution in [1.29, 1.82) is 0 Å². The van der Waals surface area contributed by atoms with E-state index in [2.05, 4.69) is 10.2 Å². The molecule has 2 fully saturated rings. The van der Waals surface area contributed by atoms with Gasteiger partial charge < -0.3 is 10.2 Å². The van der Waals surface area contributed by atoms with Gasteiger partial charge in [-0.05, 0) is 75.4 Å². The maximum atomic E-state index is 12.2. The van der Waals surface area contributed by atoms with E-state index in [1.807, 2.05) is 18.2 Å². The fourth-order valence-corrected chi connectivity index (χ4v) is 4.07. The van der Waals surface area contributed by atoms with E-state index in [1.54, 1.807) is 0 Å². The van der Waals surface area contributed by atoms with Crippen molar-refractivity contribution in [2.24, 2.45) is 5.92 Å². The van der Waals surface area contributed by atoms with E-state index in [0.717, 1.165) is 24.9 Å². The van der Waals surface area contributed by atoms with Crippen molar-refractivity contribution in [3.8, 4) is 0 Å². The van der Waals surface area contributed by atoms with Crippen LogP contribution in [0, 0.1) is 5.92 Å². The first-order valence-corrected chi connectivity index (χ1v) is 10.4. The lowest BCUT2D eigenvalue weighted by atomic mass is 10.1. The number of hydrogen-bond acceptors (Lipinski definition) is 2. The minimum absolute atomic E-state index is 0.102. The standard InChI is InChI=1S/C20H28Cl2N2O/c21-18-8-7-15(13-19(18)22)16-14-17(16)20(25)23-9-3-1-4-10-24-11-5-2-6-12-24/h7-8,13,16-17H,1-6,9-12,14H2,(H,23,25). The molecule has 0 radical (unpaired) electrons. The number of nitrogens with one attached hydrogen (secondary N) is 1. The number of unbranched alkanes of at least 4 members (excludes halogenated alkanes) is 2. The average Bonchev–Trinajstić information content (AvgIpc) is 3.42. The molecule has 2 aliphatic rings. The minimum Gasteiger partial charge on any atom is -0.356 e. The van der Waals surface area contributed by atoms with Crippen LogP contribution in [-0.2, 0) is 4.79 Å². The van der Waals surface area contributed by atoms with Crippen molar-refractivity contribution < 1.29 is 4.79 Å². The highest BCUT2D eigenvalue weighted by atomic mass is 35.5. The third kappa shape index (κ3) is 5.60. The minimum atomic E-state index is 0.102. The van der Waals surface area contributed by atoms with Crippen LogP contribution >= 0.6 is 23.2 Å². The number of rotatable bonds is 8. The van der Waals surface area contributed by atoms with Gasteiger partial charge in [-0.15, -0.1) is 0 Å². The first-order valence-electron chi connectivity index (χ1n) is 9.60. The number of nitrogens with zero attached hydrogens (tertiary/aromatic N) is 1. The lowest BCUT2D eigenvalue weighted by Gasteiger charge is -2.26. The Morgan fingerprint density at radius 1 is 1.08 bits per heavy atom. The number of piperidine rings is 1. The van der Waals surface area contributed by atoms with Crippen molar-refractivity contribution in [3.05, 3.63) is 33.8 Å². The predicted molar refractivity (Wildman–Crippen MR) is 104 cm³/mol. The molecule has 1 aromatic rings. The summed E-state index contributed by atoms with van der Waals surface area (Å²) in [6, 6.07) is 5.68. The van der Waals surface area contributed by atoms with Crippen LogP contribution in [0.2, 0.25) is 10.0 Å². The summed E-state index contributed by atoms with van der Waals surface area (Å²) in [6.45, 7) is 4.56. The Morgan fingerprint density at radius 2 is 1.88 bits per heavy atom. The van der Waals surface area contributed by atoms with Crippen molar-refractivity contribution >= 4 is 29.1 Å².